The molecule has 1 aliphatic rings. The van der Waals surface area contributed by atoms with Crippen LogP contribution in [0.1, 0.15) is 102 Å². The lowest BCUT2D eigenvalue weighted by molar-refractivity contribution is -0.143. The average Bonchev–Trinajstić information content (AvgIpc) is 2.93. The first-order valence-corrected chi connectivity index (χ1v) is 15.3. The molecule has 2 atom stereocenters. The summed E-state index contributed by atoms with van der Waals surface area (Å²) in [5, 5.41) is 6.12. The van der Waals surface area contributed by atoms with Gasteiger partial charge in [0, 0.05) is 19.0 Å². The van der Waals surface area contributed by atoms with Crippen molar-refractivity contribution >= 4 is 17.9 Å². The molecule has 1 aliphatic carbocycles. The number of benzene rings is 2. The normalized spacial score (nSPS) is 15.4. The molecule has 3 amide bonds. The predicted molar refractivity (Wildman–Crippen MR) is 163 cm³/mol. The maximum atomic E-state index is 14.5. The zero-order valence-corrected chi connectivity index (χ0v) is 25.6. The van der Waals surface area contributed by atoms with Crippen molar-refractivity contribution in [1.82, 2.24) is 15.5 Å². The Morgan fingerprint density at radius 3 is 2.22 bits per heavy atom. The summed E-state index contributed by atoms with van der Waals surface area (Å²) in [4.78, 5) is 43.2. The van der Waals surface area contributed by atoms with E-state index < -0.39 is 23.8 Å². The van der Waals surface area contributed by atoms with Crippen molar-refractivity contribution in [2.45, 2.75) is 116 Å². The Morgan fingerprint density at radius 2 is 1.61 bits per heavy atom. The van der Waals surface area contributed by atoms with E-state index in [4.69, 9.17) is 4.74 Å². The summed E-state index contributed by atoms with van der Waals surface area (Å²) >= 11 is 0. The molecule has 41 heavy (non-hydrogen) atoms. The number of ether oxygens (including phenoxy) is 1. The van der Waals surface area contributed by atoms with E-state index in [1.165, 1.54) is 6.42 Å². The minimum atomic E-state index is -0.899. The van der Waals surface area contributed by atoms with Crippen LogP contribution in [0.2, 0.25) is 0 Å². The Balaban J connectivity index is 2.00. The Bertz CT molecular complexity index is 1110. The highest BCUT2D eigenvalue weighted by molar-refractivity contribution is 5.92. The van der Waals surface area contributed by atoms with Gasteiger partial charge in [0.2, 0.25) is 11.8 Å². The first-order valence-electron chi connectivity index (χ1n) is 15.3. The molecule has 2 aromatic rings. The number of carbonyl (C=O) groups is 3. The highest BCUT2D eigenvalue weighted by Gasteiger charge is 2.37. The molecule has 224 valence electrons. The number of aryl methyl sites for hydroxylation is 1. The van der Waals surface area contributed by atoms with Gasteiger partial charge in [-0.2, -0.15) is 0 Å². The van der Waals surface area contributed by atoms with Crippen LogP contribution in [0.15, 0.2) is 54.6 Å². The third-order valence-electron chi connectivity index (χ3n) is 7.46. The van der Waals surface area contributed by atoms with Crippen LogP contribution in [0.3, 0.4) is 0 Å². The van der Waals surface area contributed by atoms with Crippen LogP contribution in [-0.2, 0) is 20.7 Å². The highest BCUT2D eigenvalue weighted by Crippen LogP contribution is 2.26. The zero-order chi connectivity index (χ0) is 29.8. The highest BCUT2D eigenvalue weighted by atomic mass is 16.6. The van der Waals surface area contributed by atoms with Gasteiger partial charge in [-0.15, -0.1) is 0 Å². The summed E-state index contributed by atoms with van der Waals surface area (Å²) in [7, 11) is 0. The van der Waals surface area contributed by atoms with E-state index in [0.717, 1.165) is 61.6 Å². The largest absolute Gasteiger partial charge is 0.444 e. The maximum Gasteiger partial charge on any atom is 0.408 e. The summed E-state index contributed by atoms with van der Waals surface area (Å²) in [6.07, 6.45) is 7.58. The number of hydrogen-bond donors (Lipinski definition) is 2. The topological polar surface area (TPSA) is 87.7 Å². The van der Waals surface area contributed by atoms with Crippen LogP contribution in [0.5, 0.6) is 0 Å². The van der Waals surface area contributed by atoms with Crippen LogP contribution in [-0.4, -0.2) is 47.0 Å². The van der Waals surface area contributed by atoms with Crippen LogP contribution in [0, 0.1) is 6.92 Å². The summed E-state index contributed by atoms with van der Waals surface area (Å²) in [5.74, 6) is -0.457. The molecular formula is C34H49N3O4. The van der Waals surface area contributed by atoms with E-state index in [9.17, 15) is 14.4 Å². The summed E-state index contributed by atoms with van der Waals surface area (Å²) in [6.45, 7) is 9.90. The first kappa shape index (κ1) is 32.2. The van der Waals surface area contributed by atoms with Crippen LogP contribution in [0.25, 0.3) is 0 Å². The lowest BCUT2D eigenvalue weighted by atomic mass is 9.94. The number of alkyl carbamates (subject to hydrolysis) is 1. The van der Waals surface area contributed by atoms with E-state index in [1.54, 1.807) is 25.7 Å². The van der Waals surface area contributed by atoms with Gasteiger partial charge in [0.1, 0.15) is 17.7 Å². The SMILES string of the molecule is CCCCCN(C(=O)C(Cc1ccccc1)NC(=O)OC(C)(C)C)C(C(=O)NC1CCCCC1)c1ccc(C)cc1. The van der Waals surface area contributed by atoms with Gasteiger partial charge in [-0.1, -0.05) is 99.2 Å². The molecule has 1 fully saturated rings. The molecule has 2 aromatic carbocycles. The minimum absolute atomic E-state index is 0.108. The Hall–Kier alpha value is -3.35. The number of carbonyl (C=O) groups excluding carboxylic acids is 3. The molecule has 2 N–H and O–H groups in total. The van der Waals surface area contributed by atoms with Crippen molar-refractivity contribution in [1.29, 1.82) is 0 Å². The molecular weight excluding hydrogens is 514 g/mol. The lowest BCUT2D eigenvalue weighted by Crippen LogP contribution is -2.54. The van der Waals surface area contributed by atoms with E-state index in [-0.39, 0.29) is 24.3 Å². The van der Waals surface area contributed by atoms with Crippen LogP contribution >= 0.6 is 0 Å². The molecule has 1 saturated carbocycles. The second kappa shape index (κ2) is 15.6. The second-order valence-corrected chi connectivity index (χ2v) is 12.3. The summed E-state index contributed by atoms with van der Waals surface area (Å²) in [5.41, 5.74) is 2.05. The predicted octanol–water partition coefficient (Wildman–Crippen LogP) is 6.64. The molecule has 0 aliphatic heterocycles. The Morgan fingerprint density at radius 1 is 0.951 bits per heavy atom. The van der Waals surface area contributed by atoms with E-state index in [1.807, 2.05) is 61.5 Å². The summed E-state index contributed by atoms with van der Waals surface area (Å²) < 4.78 is 5.54. The third kappa shape index (κ3) is 10.5. The molecule has 7 nitrogen and oxygen atoms in total. The fraction of sp³-hybridized carbons (Fsp3) is 0.559. The second-order valence-electron chi connectivity index (χ2n) is 12.3. The molecule has 0 radical (unpaired) electrons. The van der Waals surface area contributed by atoms with E-state index >= 15 is 0 Å². The molecule has 0 bridgehead atoms. The van der Waals surface area contributed by atoms with Gasteiger partial charge in [0.05, 0.1) is 0 Å². The van der Waals surface area contributed by atoms with Crippen molar-refractivity contribution in [2.24, 2.45) is 0 Å². The van der Waals surface area contributed by atoms with Crippen molar-refractivity contribution in [3.8, 4) is 0 Å². The van der Waals surface area contributed by atoms with Crippen molar-refractivity contribution < 1.29 is 19.1 Å². The van der Waals surface area contributed by atoms with Gasteiger partial charge < -0.3 is 20.3 Å². The molecule has 7 heteroatoms. The number of rotatable bonds is 12. The van der Waals surface area contributed by atoms with E-state index in [2.05, 4.69) is 17.6 Å². The fourth-order valence-electron chi connectivity index (χ4n) is 5.35. The molecule has 2 unspecified atom stereocenters. The monoisotopic (exact) mass is 563 g/mol. The molecule has 0 heterocycles. The fourth-order valence-corrected chi connectivity index (χ4v) is 5.35. The van der Waals surface area contributed by atoms with Gasteiger partial charge >= 0.3 is 6.09 Å². The Kier molecular flexibility index (Phi) is 12.2. The van der Waals surface area contributed by atoms with Gasteiger partial charge in [-0.3, -0.25) is 9.59 Å². The number of hydrogen-bond acceptors (Lipinski definition) is 4. The smallest absolute Gasteiger partial charge is 0.408 e. The van der Waals surface area contributed by atoms with Crippen molar-refractivity contribution in [3.05, 3.63) is 71.3 Å². The van der Waals surface area contributed by atoms with Gasteiger partial charge in [-0.25, -0.2) is 4.79 Å². The quantitative estimate of drug-likeness (QED) is 0.284. The van der Waals surface area contributed by atoms with Gasteiger partial charge in [0.15, 0.2) is 0 Å². The number of nitrogens with zero attached hydrogens (tertiary/aromatic N) is 1. The number of unbranched alkanes of at least 4 members (excludes halogenated alkanes) is 2. The molecule has 0 aromatic heterocycles. The molecule has 0 spiro atoms. The minimum Gasteiger partial charge on any atom is -0.444 e. The average molecular weight is 564 g/mol. The van der Waals surface area contributed by atoms with E-state index in [0.29, 0.717) is 6.54 Å². The van der Waals surface area contributed by atoms with Crippen molar-refractivity contribution in [2.75, 3.05) is 6.54 Å². The van der Waals surface area contributed by atoms with Crippen LogP contribution < -0.4 is 10.6 Å². The summed E-state index contributed by atoms with van der Waals surface area (Å²) in [6, 6.07) is 15.9. The Labute approximate surface area is 246 Å². The van der Waals surface area contributed by atoms with Gasteiger partial charge in [0.25, 0.3) is 0 Å². The van der Waals surface area contributed by atoms with Crippen LogP contribution in [0.4, 0.5) is 4.79 Å². The number of amides is 3. The lowest BCUT2D eigenvalue weighted by Gasteiger charge is -2.36. The zero-order valence-electron chi connectivity index (χ0n) is 25.6. The number of nitrogens with one attached hydrogen (secondary N) is 2. The standard InChI is InChI=1S/C34H49N3O4/c1-6-7-14-23-37(30(27-21-19-25(2)20-22-27)31(38)35-28-17-12-9-13-18-28)32(39)29(24-26-15-10-8-11-16-26)36-33(40)41-34(3,4)5/h8,10-11,15-16,19-22,28-30H,6-7,9,12-14,17-18,23-24H2,1-5H3,(H,35,38)(H,36,40). The maximum absolute atomic E-state index is 14.5. The van der Waals surface area contributed by atoms with Crippen molar-refractivity contribution in [3.63, 3.8) is 0 Å². The third-order valence-corrected chi connectivity index (χ3v) is 7.46. The first-order chi connectivity index (χ1) is 19.6. The molecule has 0 saturated heterocycles. The molecule has 3 rings (SSSR count). The van der Waals surface area contributed by atoms with Gasteiger partial charge in [-0.05, 0) is 58.1 Å².